The van der Waals surface area contributed by atoms with E-state index in [1.165, 1.54) is 4.88 Å². The molecular weight excluding hydrogens is 260 g/mol. The summed E-state index contributed by atoms with van der Waals surface area (Å²) in [4.78, 5) is 14.9. The molecular formula is C14H22N2O2S. The second-order valence-corrected chi connectivity index (χ2v) is 5.94. The molecule has 2 heterocycles. The monoisotopic (exact) mass is 282 g/mol. The predicted octanol–water partition coefficient (Wildman–Crippen LogP) is 2.50. The van der Waals surface area contributed by atoms with E-state index in [2.05, 4.69) is 16.8 Å². The van der Waals surface area contributed by atoms with Crippen LogP contribution >= 0.6 is 11.3 Å². The first kappa shape index (κ1) is 14.3. The molecule has 0 bridgehead atoms. The third kappa shape index (κ3) is 4.84. The molecule has 1 saturated heterocycles. The van der Waals surface area contributed by atoms with Crippen LogP contribution in [0.25, 0.3) is 0 Å². The Morgan fingerprint density at radius 1 is 1.63 bits per heavy atom. The number of rotatable bonds is 6. The van der Waals surface area contributed by atoms with Gasteiger partial charge in [-0.25, -0.2) is 4.79 Å². The Kier molecular flexibility index (Phi) is 5.66. The summed E-state index contributed by atoms with van der Waals surface area (Å²) in [6.45, 7) is 2.33. The van der Waals surface area contributed by atoms with Gasteiger partial charge in [-0.15, -0.1) is 11.3 Å². The van der Waals surface area contributed by atoms with E-state index in [-0.39, 0.29) is 6.03 Å². The summed E-state index contributed by atoms with van der Waals surface area (Å²) in [5.74, 6) is 0. The Morgan fingerprint density at radius 3 is 3.21 bits per heavy atom. The molecule has 1 aromatic heterocycles. The lowest BCUT2D eigenvalue weighted by atomic mass is 10.2. The average molecular weight is 282 g/mol. The van der Waals surface area contributed by atoms with Crippen LogP contribution in [0.1, 0.15) is 24.1 Å². The normalized spacial score (nSPS) is 18.5. The van der Waals surface area contributed by atoms with Gasteiger partial charge in [0.2, 0.25) is 0 Å². The van der Waals surface area contributed by atoms with E-state index in [4.69, 9.17) is 4.74 Å². The molecule has 5 heteroatoms. The van der Waals surface area contributed by atoms with Crippen LogP contribution in [0.15, 0.2) is 17.5 Å². The minimum atomic E-state index is 0.00885. The lowest BCUT2D eigenvalue weighted by molar-refractivity contribution is 0.104. The minimum Gasteiger partial charge on any atom is -0.378 e. The van der Waals surface area contributed by atoms with Crippen molar-refractivity contribution in [1.29, 1.82) is 0 Å². The molecule has 19 heavy (non-hydrogen) atoms. The van der Waals surface area contributed by atoms with Gasteiger partial charge in [-0.2, -0.15) is 0 Å². The second-order valence-electron chi connectivity index (χ2n) is 4.91. The Bertz CT molecular complexity index is 375. The van der Waals surface area contributed by atoms with E-state index in [0.717, 1.165) is 38.8 Å². The van der Waals surface area contributed by atoms with Gasteiger partial charge in [-0.1, -0.05) is 6.07 Å². The molecule has 0 radical (unpaired) electrons. The standard InChI is InChI=1S/C14H22N2O2S/c1-16(9-7-13-5-3-11-19-13)14(17)15-8-6-12-4-2-10-18-12/h3,5,11-12H,2,4,6-10H2,1H3,(H,15,17)/t12-/m1/s1. The molecule has 1 atom stereocenters. The number of urea groups is 1. The minimum absolute atomic E-state index is 0.00885. The molecule has 0 saturated carbocycles. The van der Waals surface area contributed by atoms with Crippen molar-refractivity contribution in [3.8, 4) is 0 Å². The van der Waals surface area contributed by atoms with Crippen LogP contribution in [-0.4, -0.2) is 43.8 Å². The molecule has 1 aromatic rings. The highest BCUT2D eigenvalue weighted by Gasteiger charge is 2.15. The molecule has 4 nitrogen and oxygen atoms in total. The van der Waals surface area contributed by atoms with Gasteiger partial charge >= 0.3 is 6.03 Å². The van der Waals surface area contributed by atoms with Crippen molar-refractivity contribution in [2.24, 2.45) is 0 Å². The van der Waals surface area contributed by atoms with Crippen LogP contribution < -0.4 is 5.32 Å². The maximum absolute atomic E-state index is 11.9. The number of ether oxygens (including phenoxy) is 1. The third-order valence-electron chi connectivity index (χ3n) is 3.39. The second kappa shape index (κ2) is 7.50. The zero-order chi connectivity index (χ0) is 13.5. The van der Waals surface area contributed by atoms with Crippen molar-refractivity contribution in [3.63, 3.8) is 0 Å². The lowest BCUT2D eigenvalue weighted by Crippen LogP contribution is -2.39. The van der Waals surface area contributed by atoms with Crippen molar-refractivity contribution < 1.29 is 9.53 Å². The fraction of sp³-hybridized carbons (Fsp3) is 0.643. The first-order chi connectivity index (χ1) is 9.25. The number of amides is 2. The Hall–Kier alpha value is -1.07. The SMILES string of the molecule is CN(CCc1cccs1)C(=O)NCC[C@H]1CCCO1. The summed E-state index contributed by atoms with van der Waals surface area (Å²) in [6, 6.07) is 4.16. The summed E-state index contributed by atoms with van der Waals surface area (Å²) in [5.41, 5.74) is 0. The van der Waals surface area contributed by atoms with E-state index < -0.39 is 0 Å². The number of thiophene rings is 1. The van der Waals surface area contributed by atoms with Crippen molar-refractivity contribution in [3.05, 3.63) is 22.4 Å². The molecule has 1 N–H and O–H groups in total. The molecule has 1 aliphatic rings. The van der Waals surface area contributed by atoms with Gasteiger partial charge in [0.05, 0.1) is 6.10 Å². The number of carbonyl (C=O) groups excluding carboxylic acids is 1. The number of nitrogens with one attached hydrogen (secondary N) is 1. The molecule has 0 unspecified atom stereocenters. The molecule has 0 aromatic carbocycles. The lowest BCUT2D eigenvalue weighted by Gasteiger charge is -2.18. The van der Waals surface area contributed by atoms with Crippen LogP contribution in [0.5, 0.6) is 0 Å². The molecule has 0 aliphatic carbocycles. The summed E-state index contributed by atoms with van der Waals surface area (Å²) < 4.78 is 5.53. The molecule has 106 valence electrons. The first-order valence-corrected chi connectivity index (χ1v) is 7.76. The van der Waals surface area contributed by atoms with Gasteiger partial charge in [0, 0.05) is 31.6 Å². The molecule has 2 amide bonds. The van der Waals surface area contributed by atoms with E-state index in [0.29, 0.717) is 12.6 Å². The fourth-order valence-corrected chi connectivity index (χ4v) is 2.88. The number of likely N-dealkylation sites (N-methyl/N-ethyl adjacent to an activating group) is 1. The number of hydrogen-bond donors (Lipinski definition) is 1. The highest BCUT2D eigenvalue weighted by molar-refractivity contribution is 7.09. The van der Waals surface area contributed by atoms with E-state index in [1.807, 2.05) is 13.1 Å². The highest BCUT2D eigenvalue weighted by atomic mass is 32.1. The maximum atomic E-state index is 11.9. The van der Waals surface area contributed by atoms with Gasteiger partial charge in [-0.3, -0.25) is 0 Å². The topological polar surface area (TPSA) is 41.6 Å². The van der Waals surface area contributed by atoms with Crippen LogP contribution in [-0.2, 0) is 11.2 Å². The zero-order valence-electron chi connectivity index (χ0n) is 11.4. The highest BCUT2D eigenvalue weighted by Crippen LogP contribution is 2.14. The third-order valence-corrected chi connectivity index (χ3v) is 4.32. The number of carbonyl (C=O) groups is 1. The molecule has 2 rings (SSSR count). The van der Waals surface area contributed by atoms with E-state index >= 15 is 0 Å². The zero-order valence-corrected chi connectivity index (χ0v) is 12.2. The van der Waals surface area contributed by atoms with Gasteiger partial charge in [0.1, 0.15) is 0 Å². The van der Waals surface area contributed by atoms with E-state index in [9.17, 15) is 4.79 Å². The van der Waals surface area contributed by atoms with Crippen molar-refractivity contribution >= 4 is 17.4 Å². The van der Waals surface area contributed by atoms with Gasteiger partial charge in [0.25, 0.3) is 0 Å². The summed E-state index contributed by atoms with van der Waals surface area (Å²) in [7, 11) is 1.84. The Labute approximate surface area is 118 Å². The van der Waals surface area contributed by atoms with Crippen molar-refractivity contribution in [2.45, 2.75) is 31.8 Å². The first-order valence-electron chi connectivity index (χ1n) is 6.88. The van der Waals surface area contributed by atoms with Crippen LogP contribution in [0.3, 0.4) is 0 Å². The smallest absolute Gasteiger partial charge is 0.317 e. The summed E-state index contributed by atoms with van der Waals surface area (Å²) >= 11 is 1.74. The summed E-state index contributed by atoms with van der Waals surface area (Å²) in [5, 5.41) is 5.02. The van der Waals surface area contributed by atoms with Gasteiger partial charge in [-0.05, 0) is 37.1 Å². The van der Waals surface area contributed by atoms with E-state index in [1.54, 1.807) is 16.2 Å². The van der Waals surface area contributed by atoms with Crippen LogP contribution in [0.4, 0.5) is 4.79 Å². The van der Waals surface area contributed by atoms with Crippen molar-refractivity contribution in [2.75, 3.05) is 26.7 Å². The quantitative estimate of drug-likeness (QED) is 0.871. The number of nitrogens with zero attached hydrogens (tertiary/aromatic N) is 1. The Balaban J connectivity index is 1.59. The summed E-state index contributed by atoms with van der Waals surface area (Å²) in [6.07, 6.45) is 4.47. The average Bonchev–Trinajstić information content (AvgIpc) is 3.08. The molecule has 0 spiro atoms. The van der Waals surface area contributed by atoms with Gasteiger partial charge in [0.15, 0.2) is 0 Å². The molecule has 1 aliphatic heterocycles. The predicted molar refractivity (Wildman–Crippen MR) is 77.6 cm³/mol. The fourth-order valence-electron chi connectivity index (χ4n) is 2.18. The largest absolute Gasteiger partial charge is 0.378 e. The molecule has 1 fully saturated rings. The Morgan fingerprint density at radius 2 is 2.53 bits per heavy atom. The number of hydrogen-bond acceptors (Lipinski definition) is 3. The van der Waals surface area contributed by atoms with Gasteiger partial charge < -0.3 is 15.0 Å². The van der Waals surface area contributed by atoms with Crippen LogP contribution in [0.2, 0.25) is 0 Å². The van der Waals surface area contributed by atoms with Crippen LogP contribution in [0, 0.1) is 0 Å². The van der Waals surface area contributed by atoms with Crippen molar-refractivity contribution in [1.82, 2.24) is 10.2 Å². The maximum Gasteiger partial charge on any atom is 0.317 e.